The van der Waals surface area contributed by atoms with Crippen molar-refractivity contribution in [3.63, 3.8) is 0 Å². The maximum atomic E-state index is 5.67. The van der Waals surface area contributed by atoms with E-state index < -0.39 is 0 Å². The molecule has 0 saturated heterocycles. The molecule has 0 aliphatic rings. The van der Waals surface area contributed by atoms with Crippen LogP contribution in [0.5, 0.6) is 0 Å². The average Bonchev–Trinajstić information content (AvgIpc) is 2.64. The van der Waals surface area contributed by atoms with Crippen LogP contribution < -0.4 is 5.32 Å². The van der Waals surface area contributed by atoms with E-state index in [1.54, 1.807) is 13.3 Å². The van der Waals surface area contributed by atoms with E-state index >= 15 is 0 Å². The average molecular weight is 240 g/mol. The summed E-state index contributed by atoms with van der Waals surface area (Å²) in [5, 5.41) is 3.34. The van der Waals surface area contributed by atoms with Gasteiger partial charge in [-0.2, -0.15) is 0 Å². The fraction of sp³-hybridized carbons (Fsp3) is 0.769. The Kier molecular flexibility index (Phi) is 5.15. The van der Waals surface area contributed by atoms with Gasteiger partial charge in [0.2, 0.25) is 0 Å². The van der Waals surface area contributed by atoms with Crippen LogP contribution in [-0.4, -0.2) is 30.3 Å². The first kappa shape index (κ1) is 14.2. The van der Waals surface area contributed by atoms with Gasteiger partial charge in [-0.25, -0.2) is 4.98 Å². The molecule has 1 N–H and O–H groups in total. The molecule has 0 spiro atoms. The van der Waals surface area contributed by atoms with Crippen molar-refractivity contribution < 1.29 is 9.15 Å². The van der Waals surface area contributed by atoms with Gasteiger partial charge in [-0.1, -0.05) is 13.8 Å². The minimum atomic E-state index is -0.201. The molecule has 0 aliphatic heterocycles. The van der Waals surface area contributed by atoms with E-state index in [0.717, 1.165) is 31.0 Å². The summed E-state index contributed by atoms with van der Waals surface area (Å²) in [6.45, 7) is 9.22. The molecule has 4 nitrogen and oxygen atoms in total. The first-order valence-corrected chi connectivity index (χ1v) is 6.15. The van der Waals surface area contributed by atoms with Crippen molar-refractivity contribution in [3.05, 3.63) is 17.8 Å². The molecule has 0 bridgehead atoms. The molecule has 0 saturated carbocycles. The lowest BCUT2D eigenvalue weighted by Crippen LogP contribution is -2.25. The van der Waals surface area contributed by atoms with E-state index in [0.29, 0.717) is 6.04 Å². The van der Waals surface area contributed by atoms with Crippen LogP contribution in [0.1, 0.15) is 39.3 Å². The van der Waals surface area contributed by atoms with Gasteiger partial charge >= 0.3 is 0 Å². The van der Waals surface area contributed by atoms with Gasteiger partial charge in [0.25, 0.3) is 0 Å². The largest absolute Gasteiger partial charge is 0.446 e. The summed E-state index contributed by atoms with van der Waals surface area (Å²) >= 11 is 0. The van der Waals surface area contributed by atoms with Crippen molar-refractivity contribution >= 4 is 0 Å². The second-order valence-corrected chi connectivity index (χ2v) is 5.22. The quantitative estimate of drug-likeness (QED) is 0.793. The normalized spacial score (nSPS) is 12.4. The zero-order valence-corrected chi connectivity index (χ0v) is 11.5. The van der Waals surface area contributed by atoms with Crippen LogP contribution in [0.3, 0.4) is 0 Å². The van der Waals surface area contributed by atoms with Crippen molar-refractivity contribution in [2.45, 2.75) is 52.2 Å². The molecule has 4 heteroatoms. The molecular weight excluding hydrogens is 216 g/mol. The first-order chi connectivity index (χ1) is 7.93. The topological polar surface area (TPSA) is 47.3 Å². The van der Waals surface area contributed by atoms with Gasteiger partial charge in [0.1, 0.15) is 5.76 Å². The fourth-order valence-electron chi connectivity index (χ4n) is 1.50. The Labute approximate surface area is 104 Å². The highest BCUT2D eigenvalue weighted by atomic mass is 16.5. The maximum absolute atomic E-state index is 5.67. The zero-order valence-electron chi connectivity index (χ0n) is 11.5. The Morgan fingerprint density at radius 2 is 2.18 bits per heavy atom. The fourth-order valence-corrected chi connectivity index (χ4v) is 1.50. The molecular formula is C13H24N2O2. The van der Waals surface area contributed by atoms with E-state index in [2.05, 4.69) is 24.1 Å². The first-order valence-electron chi connectivity index (χ1n) is 6.15. The number of hydrogen-bond acceptors (Lipinski definition) is 4. The smallest absolute Gasteiger partial charge is 0.195 e. The highest BCUT2D eigenvalue weighted by Gasteiger charge is 2.19. The molecule has 1 rings (SSSR count). The highest BCUT2D eigenvalue weighted by Crippen LogP contribution is 2.16. The third kappa shape index (κ3) is 5.33. The Bertz CT molecular complexity index is 332. The summed E-state index contributed by atoms with van der Waals surface area (Å²) in [6.07, 6.45) is 3.37. The summed E-state index contributed by atoms with van der Waals surface area (Å²) in [5.74, 6) is 1.68. The van der Waals surface area contributed by atoms with Crippen molar-refractivity contribution in [1.82, 2.24) is 10.3 Å². The van der Waals surface area contributed by atoms with Gasteiger partial charge in [-0.3, -0.25) is 0 Å². The molecule has 0 aliphatic carbocycles. The number of hydrogen-bond donors (Lipinski definition) is 1. The monoisotopic (exact) mass is 240 g/mol. The van der Waals surface area contributed by atoms with E-state index in [9.17, 15) is 0 Å². The van der Waals surface area contributed by atoms with Crippen molar-refractivity contribution in [3.8, 4) is 0 Å². The summed E-state index contributed by atoms with van der Waals surface area (Å²) in [7, 11) is 1.71. The van der Waals surface area contributed by atoms with Crippen LogP contribution in [0.15, 0.2) is 10.6 Å². The lowest BCUT2D eigenvalue weighted by molar-refractivity contribution is 0.0190. The number of methoxy groups -OCH3 is 1. The summed E-state index contributed by atoms with van der Waals surface area (Å²) in [4.78, 5) is 4.27. The van der Waals surface area contributed by atoms with Gasteiger partial charge in [0, 0.05) is 32.5 Å². The van der Waals surface area contributed by atoms with Gasteiger partial charge in [0.15, 0.2) is 5.89 Å². The third-order valence-electron chi connectivity index (χ3n) is 2.65. The van der Waals surface area contributed by atoms with Crippen molar-refractivity contribution in [1.29, 1.82) is 0 Å². The number of nitrogens with one attached hydrogen (secondary N) is 1. The number of oxazole rings is 1. The van der Waals surface area contributed by atoms with Crippen LogP contribution in [0.2, 0.25) is 0 Å². The van der Waals surface area contributed by atoms with E-state index in [1.165, 1.54) is 0 Å². The lowest BCUT2D eigenvalue weighted by Gasteiger charge is -2.20. The van der Waals surface area contributed by atoms with Crippen LogP contribution in [0.4, 0.5) is 0 Å². The second kappa shape index (κ2) is 6.17. The van der Waals surface area contributed by atoms with Gasteiger partial charge in [0.05, 0.1) is 11.8 Å². The SMILES string of the molecule is COC(C)(C)Cc1cnc(CCNC(C)C)o1. The number of nitrogens with zero attached hydrogens (tertiary/aromatic N) is 1. The van der Waals surface area contributed by atoms with Crippen LogP contribution in [-0.2, 0) is 17.6 Å². The number of aromatic nitrogens is 1. The maximum Gasteiger partial charge on any atom is 0.195 e. The molecule has 0 atom stereocenters. The Hall–Kier alpha value is -0.870. The van der Waals surface area contributed by atoms with Gasteiger partial charge in [-0.15, -0.1) is 0 Å². The molecule has 98 valence electrons. The third-order valence-corrected chi connectivity index (χ3v) is 2.65. The van der Waals surface area contributed by atoms with Gasteiger partial charge in [-0.05, 0) is 13.8 Å². The molecule has 0 radical (unpaired) electrons. The van der Waals surface area contributed by atoms with E-state index in [-0.39, 0.29) is 5.60 Å². The lowest BCUT2D eigenvalue weighted by atomic mass is 10.0. The Morgan fingerprint density at radius 1 is 1.47 bits per heavy atom. The van der Waals surface area contributed by atoms with Crippen molar-refractivity contribution in [2.24, 2.45) is 0 Å². The summed E-state index contributed by atoms with van der Waals surface area (Å²) < 4.78 is 11.0. The standard InChI is InChI=1S/C13H24N2O2/c1-10(2)14-7-6-12-15-9-11(17-12)8-13(3,4)16-5/h9-10,14H,6-8H2,1-5H3. The predicted octanol–water partition coefficient (Wildman–Crippen LogP) is 2.18. The van der Waals surface area contributed by atoms with Crippen LogP contribution in [0, 0.1) is 0 Å². The number of rotatable bonds is 7. The van der Waals surface area contributed by atoms with E-state index in [1.807, 2.05) is 13.8 Å². The Morgan fingerprint density at radius 3 is 2.76 bits per heavy atom. The van der Waals surface area contributed by atoms with Crippen LogP contribution >= 0.6 is 0 Å². The molecule has 1 heterocycles. The number of ether oxygens (including phenoxy) is 1. The summed E-state index contributed by atoms with van der Waals surface area (Å²) in [6, 6.07) is 0.497. The minimum Gasteiger partial charge on any atom is -0.446 e. The predicted molar refractivity (Wildman–Crippen MR) is 68.1 cm³/mol. The molecule has 17 heavy (non-hydrogen) atoms. The highest BCUT2D eigenvalue weighted by molar-refractivity contribution is 4.98. The summed E-state index contributed by atoms with van der Waals surface area (Å²) in [5.41, 5.74) is -0.201. The molecule has 1 aromatic rings. The minimum absolute atomic E-state index is 0.201. The molecule has 0 aromatic carbocycles. The van der Waals surface area contributed by atoms with Crippen LogP contribution in [0.25, 0.3) is 0 Å². The molecule has 0 fully saturated rings. The van der Waals surface area contributed by atoms with E-state index in [4.69, 9.17) is 9.15 Å². The molecule has 1 aromatic heterocycles. The van der Waals surface area contributed by atoms with Crippen molar-refractivity contribution in [2.75, 3.05) is 13.7 Å². The molecule has 0 amide bonds. The second-order valence-electron chi connectivity index (χ2n) is 5.22. The van der Waals surface area contributed by atoms with Gasteiger partial charge < -0.3 is 14.5 Å². The zero-order chi connectivity index (χ0) is 12.9. The molecule has 0 unspecified atom stereocenters. The Balaban J connectivity index is 2.43.